The van der Waals surface area contributed by atoms with Crippen molar-refractivity contribution in [2.75, 3.05) is 32.7 Å². The van der Waals surface area contributed by atoms with E-state index in [0.29, 0.717) is 6.42 Å². The van der Waals surface area contributed by atoms with E-state index in [2.05, 4.69) is 36.3 Å². The molecule has 0 aliphatic carbocycles. The fourth-order valence-electron chi connectivity index (χ4n) is 3.07. The first-order valence-electron chi connectivity index (χ1n) is 7.06. The lowest BCUT2D eigenvalue weighted by Crippen LogP contribution is -2.59. The fraction of sp³-hybridized carbons (Fsp3) is 0.923. The molecule has 0 saturated carbocycles. The maximum absolute atomic E-state index is 8.61. The second-order valence-corrected chi connectivity index (χ2v) is 10.2. The highest BCUT2D eigenvalue weighted by Crippen LogP contribution is 2.25. The molecule has 1 saturated heterocycles. The molecule has 0 N–H and O–H groups in total. The zero-order chi connectivity index (χ0) is 12.7. The van der Waals surface area contributed by atoms with E-state index in [4.69, 9.17) is 5.26 Å². The van der Waals surface area contributed by atoms with E-state index < -0.39 is 8.24 Å². The first-order valence-corrected chi connectivity index (χ1v) is 9.63. The third-order valence-corrected chi connectivity index (χ3v) is 10.3. The molecule has 0 radical (unpaired) electrons. The van der Waals surface area contributed by atoms with E-state index in [1.807, 2.05) is 0 Å². The highest BCUT2D eigenvalue weighted by molar-refractivity contribution is 6.77. The Morgan fingerprint density at radius 3 is 1.94 bits per heavy atom. The molecule has 98 valence electrons. The van der Waals surface area contributed by atoms with Gasteiger partial charge in [-0.3, -0.25) is 4.90 Å². The first-order chi connectivity index (χ1) is 8.22. The van der Waals surface area contributed by atoms with Crippen LogP contribution in [0.15, 0.2) is 0 Å². The molecule has 0 aromatic rings. The summed E-state index contributed by atoms with van der Waals surface area (Å²) < 4.78 is 2.82. The zero-order valence-corrected chi connectivity index (χ0v) is 12.7. The number of nitriles is 1. The molecule has 1 aliphatic heterocycles. The van der Waals surface area contributed by atoms with Gasteiger partial charge in [-0.2, -0.15) is 5.26 Å². The van der Waals surface area contributed by atoms with Crippen molar-refractivity contribution in [3.8, 4) is 6.07 Å². The van der Waals surface area contributed by atoms with Crippen LogP contribution in [0.4, 0.5) is 0 Å². The van der Waals surface area contributed by atoms with E-state index in [1.165, 1.54) is 31.2 Å². The third-order valence-electron chi connectivity index (χ3n) is 4.56. The zero-order valence-electron chi connectivity index (χ0n) is 11.7. The summed E-state index contributed by atoms with van der Waals surface area (Å²) in [5.74, 6) is 0. The molecule has 3 nitrogen and oxygen atoms in total. The molecule has 1 fully saturated rings. The predicted molar refractivity (Wildman–Crippen MR) is 75.4 cm³/mol. The maximum Gasteiger partial charge on any atom is 0.127 e. The summed E-state index contributed by atoms with van der Waals surface area (Å²) in [6, 6.07) is 6.40. The molecule has 0 unspecified atom stereocenters. The SMILES string of the molecule is CC[Si](CC)(CC)N1CCN(CCC#N)CC1. The summed E-state index contributed by atoms with van der Waals surface area (Å²) in [4.78, 5) is 2.44. The Bertz CT molecular complexity index is 242. The van der Waals surface area contributed by atoms with Crippen LogP contribution >= 0.6 is 0 Å². The monoisotopic (exact) mass is 253 g/mol. The Hall–Kier alpha value is -0.373. The molecule has 1 rings (SSSR count). The topological polar surface area (TPSA) is 30.3 Å². The van der Waals surface area contributed by atoms with E-state index in [-0.39, 0.29) is 0 Å². The molecule has 0 aromatic carbocycles. The van der Waals surface area contributed by atoms with E-state index >= 15 is 0 Å². The van der Waals surface area contributed by atoms with E-state index in [0.717, 1.165) is 19.6 Å². The molecule has 1 aliphatic rings. The fourth-order valence-corrected chi connectivity index (χ4v) is 7.07. The van der Waals surface area contributed by atoms with Crippen molar-refractivity contribution in [2.24, 2.45) is 0 Å². The van der Waals surface area contributed by atoms with Crippen LogP contribution in [0.2, 0.25) is 18.1 Å². The Kier molecular flexibility index (Phi) is 6.18. The normalized spacial score (nSPS) is 19.2. The first kappa shape index (κ1) is 14.7. The van der Waals surface area contributed by atoms with Crippen LogP contribution in [0.1, 0.15) is 27.2 Å². The van der Waals surface area contributed by atoms with Crippen molar-refractivity contribution >= 4 is 8.24 Å². The van der Waals surface area contributed by atoms with Gasteiger partial charge >= 0.3 is 0 Å². The lowest BCUT2D eigenvalue weighted by Gasteiger charge is -2.45. The maximum atomic E-state index is 8.61. The van der Waals surface area contributed by atoms with Gasteiger partial charge in [-0.05, 0) is 18.1 Å². The van der Waals surface area contributed by atoms with Gasteiger partial charge in [-0.1, -0.05) is 20.8 Å². The standard InChI is InChI=1S/C13H27N3Si/c1-4-17(5-2,6-3)16-12-10-15(11-13-16)9-7-8-14/h4-7,9-13H2,1-3H3. The Balaban J connectivity index is 2.47. The Morgan fingerprint density at radius 1 is 1.00 bits per heavy atom. The molecule has 0 amide bonds. The lowest BCUT2D eigenvalue weighted by atomic mass is 10.3. The quantitative estimate of drug-likeness (QED) is 0.681. The van der Waals surface area contributed by atoms with Crippen LogP contribution in [0.5, 0.6) is 0 Å². The van der Waals surface area contributed by atoms with E-state index in [9.17, 15) is 0 Å². The van der Waals surface area contributed by atoms with Gasteiger partial charge in [0, 0.05) is 39.1 Å². The largest absolute Gasteiger partial charge is 0.321 e. The van der Waals surface area contributed by atoms with Crippen molar-refractivity contribution in [3.05, 3.63) is 0 Å². The van der Waals surface area contributed by atoms with Crippen LogP contribution in [0, 0.1) is 11.3 Å². The molecule has 1 heterocycles. The van der Waals surface area contributed by atoms with Crippen molar-refractivity contribution in [2.45, 2.75) is 45.3 Å². The molecular formula is C13H27N3Si. The van der Waals surface area contributed by atoms with Gasteiger partial charge in [0.2, 0.25) is 0 Å². The number of piperazine rings is 1. The van der Waals surface area contributed by atoms with Gasteiger partial charge in [0.15, 0.2) is 0 Å². The second-order valence-electron chi connectivity index (χ2n) is 5.02. The van der Waals surface area contributed by atoms with Crippen molar-refractivity contribution in [1.29, 1.82) is 5.26 Å². The molecule has 0 atom stereocenters. The Labute approximate surface area is 107 Å². The third kappa shape index (κ3) is 3.54. The summed E-state index contributed by atoms with van der Waals surface area (Å²) in [5, 5.41) is 8.61. The summed E-state index contributed by atoms with van der Waals surface area (Å²) in [6.45, 7) is 12.9. The number of hydrogen-bond donors (Lipinski definition) is 0. The molecule has 17 heavy (non-hydrogen) atoms. The van der Waals surface area contributed by atoms with Crippen LogP contribution in [-0.2, 0) is 0 Å². The van der Waals surface area contributed by atoms with Gasteiger partial charge < -0.3 is 4.57 Å². The van der Waals surface area contributed by atoms with Gasteiger partial charge in [-0.15, -0.1) is 0 Å². The number of hydrogen-bond acceptors (Lipinski definition) is 3. The summed E-state index contributed by atoms with van der Waals surface area (Å²) in [7, 11) is -1.14. The molecule has 0 spiro atoms. The highest BCUT2D eigenvalue weighted by Gasteiger charge is 2.35. The molecule has 0 aromatic heterocycles. The second kappa shape index (κ2) is 7.15. The van der Waals surface area contributed by atoms with Crippen molar-refractivity contribution in [1.82, 2.24) is 9.47 Å². The van der Waals surface area contributed by atoms with Gasteiger partial charge in [0.25, 0.3) is 0 Å². The summed E-state index contributed by atoms with van der Waals surface area (Å²) >= 11 is 0. The van der Waals surface area contributed by atoms with Gasteiger partial charge in [0.05, 0.1) is 6.07 Å². The van der Waals surface area contributed by atoms with Crippen molar-refractivity contribution in [3.63, 3.8) is 0 Å². The van der Waals surface area contributed by atoms with Crippen LogP contribution < -0.4 is 0 Å². The molecule has 4 heteroatoms. The average molecular weight is 253 g/mol. The smallest absolute Gasteiger partial charge is 0.127 e. The summed E-state index contributed by atoms with van der Waals surface area (Å²) in [5.41, 5.74) is 0. The molecular weight excluding hydrogens is 226 g/mol. The van der Waals surface area contributed by atoms with Crippen LogP contribution in [-0.4, -0.2) is 50.4 Å². The minimum atomic E-state index is -1.14. The van der Waals surface area contributed by atoms with Gasteiger partial charge in [0.1, 0.15) is 8.24 Å². The Morgan fingerprint density at radius 2 is 1.53 bits per heavy atom. The van der Waals surface area contributed by atoms with Crippen molar-refractivity contribution < 1.29 is 0 Å². The van der Waals surface area contributed by atoms with Gasteiger partial charge in [-0.25, -0.2) is 0 Å². The predicted octanol–water partition coefficient (Wildman–Crippen LogP) is 2.52. The van der Waals surface area contributed by atoms with Crippen LogP contribution in [0.25, 0.3) is 0 Å². The highest BCUT2D eigenvalue weighted by atomic mass is 28.3. The molecule has 0 bridgehead atoms. The lowest BCUT2D eigenvalue weighted by molar-refractivity contribution is 0.185. The van der Waals surface area contributed by atoms with E-state index in [1.54, 1.807) is 0 Å². The average Bonchev–Trinajstić information content (AvgIpc) is 2.40. The minimum absolute atomic E-state index is 0.678. The number of nitrogens with zero attached hydrogens (tertiary/aromatic N) is 3. The van der Waals surface area contributed by atoms with Crippen LogP contribution in [0.3, 0.4) is 0 Å². The number of rotatable bonds is 6. The minimum Gasteiger partial charge on any atom is -0.321 e. The summed E-state index contributed by atoms with van der Waals surface area (Å²) in [6.07, 6.45) is 0.678.